The number of rotatable bonds is 5. The standard InChI is InChI=1S/C27H31N5O6/c1-16(2)19(14-33)32-23-25(35)30(15-31-18-9-4-3-8-17(18)28-29-31)12-7-11-27(23)22(24(32)34)21-20(38-27)10-5-6-13-37-26(21)36/h3-5,7-11,16,19-23,33H,6,12-15H2,1-2H3/t19-,20-,21+,22-,23?,27-/m0/s1. The third kappa shape index (κ3) is 3.59. The number of benzene rings is 1. The summed E-state index contributed by atoms with van der Waals surface area (Å²) in [4.78, 5) is 44.8. The number of aromatic nitrogens is 3. The lowest BCUT2D eigenvalue weighted by atomic mass is 9.77. The van der Waals surface area contributed by atoms with Crippen molar-refractivity contribution in [1.29, 1.82) is 0 Å². The molecule has 6 rings (SSSR count). The Balaban J connectivity index is 1.44. The maximum atomic E-state index is 14.4. The van der Waals surface area contributed by atoms with Crippen LogP contribution in [-0.4, -0.2) is 91.2 Å². The first-order valence-corrected chi connectivity index (χ1v) is 13.1. The van der Waals surface area contributed by atoms with E-state index in [2.05, 4.69) is 10.3 Å². The number of hydrogen-bond donors (Lipinski definition) is 1. The van der Waals surface area contributed by atoms with Crippen LogP contribution in [0.25, 0.3) is 11.0 Å². The number of para-hydroxylation sites is 1. The monoisotopic (exact) mass is 521 g/mol. The molecule has 2 aromatic rings. The number of aliphatic hydroxyl groups excluding tert-OH is 1. The number of likely N-dealkylation sites (tertiary alicyclic amines) is 1. The van der Waals surface area contributed by atoms with E-state index in [0.29, 0.717) is 11.9 Å². The number of esters is 1. The van der Waals surface area contributed by atoms with Gasteiger partial charge in [-0.1, -0.05) is 55.5 Å². The van der Waals surface area contributed by atoms with Gasteiger partial charge >= 0.3 is 5.97 Å². The van der Waals surface area contributed by atoms with Gasteiger partial charge in [0.2, 0.25) is 5.91 Å². The number of amides is 2. The molecule has 0 bridgehead atoms. The predicted octanol–water partition coefficient (Wildman–Crippen LogP) is 0.888. The summed E-state index contributed by atoms with van der Waals surface area (Å²) < 4.78 is 13.7. The Morgan fingerprint density at radius 2 is 1.97 bits per heavy atom. The Labute approximate surface area is 219 Å². The number of nitrogens with zero attached hydrogens (tertiary/aromatic N) is 5. The van der Waals surface area contributed by atoms with E-state index in [1.165, 1.54) is 4.90 Å². The average Bonchev–Trinajstić information content (AvgIpc) is 3.48. The van der Waals surface area contributed by atoms with Gasteiger partial charge in [0.15, 0.2) is 0 Å². The fraction of sp³-hybridized carbons (Fsp3) is 0.519. The molecule has 1 N–H and O–H groups in total. The van der Waals surface area contributed by atoms with Crippen LogP contribution in [0.1, 0.15) is 20.3 Å². The average molecular weight is 522 g/mol. The Morgan fingerprint density at radius 1 is 1.16 bits per heavy atom. The topological polar surface area (TPSA) is 127 Å². The largest absolute Gasteiger partial charge is 0.465 e. The molecule has 38 heavy (non-hydrogen) atoms. The van der Waals surface area contributed by atoms with E-state index in [-0.39, 0.29) is 44.2 Å². The van der Waals surface area contributed by atoms with Crippen molar-refractivity contribution in [2.24, 2.45) is 17.8 Å². The zero-order valence-corrected chi connectivity index (χ0v) is 21.3. The summed E-state index contributed by atoms with van der Waals surface area (Å²) in [6, 6.07) is 5.77. The van der Waals surface area contributed by atoms with Gasteiger partial charge in [0.05, 0.1) is 36.8 Å². The number of carbonyl (C=O) groups is 3. The molecule has 6 atom stereocenters. The third-order valence-corrected chi connectivity index (χ3v) is 8.18. The first-order valence-electron chi connectivity index (χ1n) is 13.1. The van der Waals surface area contributed by atoms with Gasteiger partial charge in [-0.15, -0.1) is 5.10 Å². The molecule has 2 amide bonds. The molecule has 4 aliphatic rings. The minimum atomic E-state index is -1.38. The van der Waals surface area contributed by atoms with Crippen molar-refractivity contribution in [2.75, 3.05) is 19.8 Å². The summed E-state index contributed by atoms with van der Waals surface area (Å²) in [6.07, 6.45) is 7.14. The number of aliphatic hydroxyl groups is 1. The summed E-state index contributed by atoms with van der Waals surface area (Å²) in [5, 5.41) is 18.8. The van der Waals surface area contributed by atoms with Crippen molar-refractivity contribution in [1.82, 2.24) is 24.8 Å². The minimum Gasteiger partial charge on any atom is -0.465 e. The van der Waals surface area contributed by atoms with Gasteiger partial charge < -0.3 is 24.4 Å². The van der Waals surface area contributed by atoms with Crippen molar-refractivity contribution in [3.63, 3.8) is 0 Å². The highest BCUT2D eigenvalue weighted by molar-refractivity contribution is 5.99. The smallest absolute Gasteiger partial charge is 0.312 e. The molecular weight excluding hydrogens is 490 g/mol. The molecule has 11 nitrogen and oxygen atoms in total. The molecule has 1 unspecified atom stereocenters. The lowest BCUT2D eigenvalue weighted by molar-refractivity contribution is -0.157. The van der Waals surface area contributed by atoms with Gasteiger partial charge in [0.1, 0.15) is 29.7 Å². The van der Waals surface area contributed by atoms with E-state index >= 15 is 0 Å². The van der Waals surface area contributed by atoms with Crippen LogP contribution in [0, 0.1) is 17.8 Å². The van der Waals surface area contributed by atoms with Gasteiger partial charge in [0.25, 0.3) is 5.91 Å². The Kier molecular flexibility index (Phi) is 6.07. The second-order valence-electron chi connectivity index (χ2n) is 10.6. The van der Waals surface area contributed by atoms with E-state index in [0.717, 1.165) is 5.52 Å². The summed E-state index contributed by atoms with van der Waals surface area (Å²) in [7, 11) is 0. The van der Waals surface area contributed by atoms with Crippen LogP contribution >= 0.6 is 0 Å². The number of fused-ring (bicyclic) bond motifs is 3. The Bertz CT molecular complexity index is 1340. The molecule has 2 fully saturated rings. The molecule has 11 heteroatoms. The first-order chi connectivity index (χ1) is 18.4. The van der Waals surface area contributed by atoms with E-state index in [1.807, 2.05) is 50.3 Å². The molecule has 200 valence electrons. The first kappa shape index (κ1) is 24.7. The maximum absolute atomic E-state index is 14.4. The van der Waals surface area contributed by atoms with Gasteiger partial charge in [-0.3, -0.25) is 14.4 Å². The molecule has 1 spiro atoms. The number of cyclic esters (lactones) is 1. The summed E-state index contributed by atoms with van der Waals surface area (Å²) in [5.74, 6) is -3.21. The van der Waals surface area contributed by atoms with Crippen LogP contribution < -0.4 is 0 Å². The minimum absolute atomic E-state index is 0.114. The molecule has 0 saturated carbocycles. The predicted molar refractivity (Wildman–Crippen MR) is 134 cm³/mol. The summed E-state index contributed by atoms with van der Waals surface area (Å²) in [5.41, 5.74) is 0.110. The molecule has 1 aromatic heterocycles. The summed E-state index contributed by atoms with van der Waals surface area (Å²) in [6.45, 7) is 4.04. The van der Waals surface area contributed by atoms with Gasteiger partial charge in [-0.2, -0.15) is 0 Å². The zero-order valence-electron chi connectivity index (χ0n) is 21.3. The highest BCUT2D eigenvalue weighted by atomic mass is 16.6. The maximum Gasteiger partial charge on any atom is 0.312 e. The quantitative estimate of drug-likeness (QED) is 0.454. The molecule has 5 heterocycles. The van der Waals surface area contributed by atoms with Crippen LogP contribution in [-0.2, 0) is 30.5 Å². The van der Waals surface area contributed by atoms with E-state index in [4.69, 9.17) is 9.47 Å². The van der Waals surface area contributed by atoms with Crippen molar-refractivity contribution in [2.45, 2.75) is 50.7 Å². The van der Waals surface area contributed by atoms with Crippen LogP contribution in [0.3, 0.4) is 0 Å². The van der Waals surface area contributed by atoms with Crippen molar-refractivity contribution >= 4 is 28.8 Å². The fourth-order valence-electron chi connectivity index (χ4n) is 6.38. The van der Waals surface area contributed by atoms with Crippen molar-refractivity contribution in [3.05, 3.63) is 48.6 Å². The molecule has 4 aliphatic heterocycles. The molecule has 1 aromatic carbocycles. The van der Waals surface area contributed by atoms with E-state index in [1.54, 1.807) is 21.7 Å². The number of hydrogen-bond acceptors (Lipinski definition) is 8. The van der Waals surface area contributed by atoms with Crippen LogP contribution in [0.2, 0.25) is 0 Å². The lowest BCUT2D eigenvalue weighted by Gasteiger charge is -2.39. The Morgan fingerprint density at radius 3 is 2.76 bits per heavy atom. The molecule has 0 aliphatic carbocycles. The SMILES string of the molecule is CC(C)[C@H](CO)N1C(=O)[C@@H]2[C@@H]3C(=O)OCCC=C[C@@H]3O[C@@]23C=CCN(Cn2nnc4ccccc42)C(=O)C13. The second kappa shape index (κ2) is 9.32. The van der Waals surface area contributed by atoms with Crippen LogP contribution in [0.15, 0.2) is 48.6 Å². The lowest BCUT2D eigenvalue weighted by Crippen LogP contribution is -2.59. The normalized spacial score (nSPS) is 31.6. The Hall–Kier alpha value is -3.57. The van der Waals surface area contributed by atoms with Crippen LogP contribution in [0.4, 0.5) is 0 Å². The summed E-state index contributed by atoms with van der Waals surface area (Å²) >= 11 is 0. The van der Waals surface area contributed by atoms with Crippen LogP contribution in [0.5, 0.6) is 0 Å². The van der Waals surface area contributed by atoms with Gasteiger partial charge in [-0.05, 0) is 24.5 Å². The second-order valence-corrected chi connectivity index (χ2v) is 10.6. The van der Waals surface area contributed by atoms with Crippen molar-refractivity contribution in [3.8, 4) is 0 Å². The van der Waals surface area contributed by atoms with E-state index in [9.17, 15) is 19.5 Å². The molecular formula is C27H31N5O6. The highest BCUT2D eigenvalue weighted by Crippen LogP contribution is 2.54. The third-order valence-electron chi connectivity index (χ3n) is 8.18. The van der Waals surface area contributed by atoms with Gasteiger partial charge in [-0.25, -0.2) is 4.68 Å². The number of carbonyl (C=O) groups excluding carboxylic acids is 3. The van der Waals surface area contributed by atoms with Crippen molar-refractivity contribution < 1.29 is 29.0 Å². The van der Waals surface area contributed by atoms with E-state index < -0.39 is 41.6 Å². The molecule has 2 saturated heterocycles. The molecule has 0 radical (unpaired) electrons. The zero-order chi connectivity index (χ0) is 26.6. The van der Waals surface area contributed by atoms with Gasteiger partial charge in [0, 0.05) is 6.54 Å². The number of ether oxygens (including phenoxy) is 2. The fourth-order valence-corrected chi connectivity index (χ4v) is 6.38. The highest BCUT2D eigenvalue weighted by Gasteiger charge is 2.72.